The summed E-state index contributed by atoms with van der Waals surface area (Å²) in [5.74, 6) is 1.11. The van der Waals surface area contributed by atoms with Crippen LogP contribution < -0.4 is 11.3 Å². The van der Waals surface area contributed by atoms with E-state index in [1.807, 2.05) is 4.57 Å². The Morgan fingerprint density at radius 2 is 2.35 bits per heavy atom. The minimum absolute atomic E-state index is 0.128. The van der Waals surface area contributed by atoms with E-state index in [0.717, 1.165) is 19.4 Å². The molecule has 20 heavy (non-hydrogen) atoms. The van der Waals surface area contributed by atoms with Crippen LogP contribution in [0.3, 0.4) is 0 Å². The number of nitrogens with one attached hydrogen (secondary N) is 1. The van der Waals surface area contributed by atoms with Crippen molar-refractivity contribution in [2.75, 3.05) is 19.5 Å². The molecular weight excluding hydrogens is 258 g/mol. The van der Waals surface area contributed by atoms with E-state index in [1.54, 1.807) is 13.4 Å². The van der Waals surface area contributed by atoms with Gasteiger partial charge in [-0.3, -0.25) is 9.78 Å². The molecule has 0 bridgehead atoms. The van der Waals surface area contributed by atoms with Crippen molar-refractivity contribution >= 4 is 17.1 Å². The van der Waals surface area contributed by atoms with Crippen LogP contribution in [-0.2, 0) is 4.74 Å². The van der Waals surface area contributed by atoms with Crippen molar-refractivity contribution in [1.82, 2.24) is 19.5 Å². The molecule has 1 saturated carbocycles. The second-order valence-corrected chi connectivity index (χ2v) is 5.49. The molecule has 1 unspecified atom stereocenters. The van der Waals surface area contributed by atoms with Gasteiger partial charge in [0.1, 0.15) is 0 Å². The number of ether oxygens (including phenoxy) is 1. The lowest BCUT2D eigenvalue weighted by Gasteiger charge is -2.21. The van der Waals surface area contributed by atoms with Crippen molar-refractivity contribution in [3.05, 3.63) is 16.7 Å². The lowest BCUT2D eigenvalue weighted by molar-refractivity contribution is 0.131. The summed E-state index contributed by atoms with van der Waals surface area (Å²) in [6, 6.07) is 0.286. The predicted octanol–water partition coefficient (Wildman–Crippen LogP) is 0.935. The quantitative estimate of drug-likeness (QED) is 0.869. The predicted molar refractivity (Wildman–Crippen MR) is 75.4 cm³/mol. The first-order valence-corrected chi connectivity index (χ1v) is 6.83. The summed E-state index contributed by atoms with van der Waals surface area (Å²) in [6.07, 6.45) is 3.84. The molecule has 3 rings (SSSR count). The monoisotopic (exact) mass is 277 g/mol. The number of fused-ring (bicyclic) bond motifs is 1. The summed E-state index contributed by atoms with van der Waals surface area (Å²) in [6.45, 7) is 2.98. The van der Waals surface area contributed by atoms with Gasteiger partial charge in [-0.1, -0.05) is 6.92 Å². The first kappa shape index (κ1) is 13.1. The summed E-state index contributed by atoms with van der Waals surface area (Å²) < 4.78 is 7.26. The molecule has 0 amide bonds. The molecular formula is C13H19N5O2. The Morgan fingerprint density at radius 3 is 3.10 bits per heavy atom. The zero-order valence-corrected chi connectivity index (χ0v) is 11.7. The van der Waals surface area contributed by atoms with Gasteiger partial charge in [-0.05, 0) is 24.7 Å². The minimum Gasteiger partial charge on any atom is -0.384 e. The summed E-state index contributed by atoms with van der Waals surface area (Å²) in [4.78, 5) is 22.7. The second-order valence-electron chi connectivity index (χ2n) is 5.49. The molecule has 0 saturated heterocycles. The second kappa shape index (κ2) is 4.90. The van der Waals surface area contributed by atoms with Crippen molar-refractivity contribution in [2.45, 2.75) is 25.8 Å². The molecule has 2 aromatic heterocycles. The maximum absolute atomic E-state index is 11.8. The molecule has 1 aliphatic rings. The molecule has 0 radical (unpaired) electrons. The molecule has 1 aliphatic carbocycles. The fourth-order valence-corrected chi connectivity index (χ4v) is 3.25. The van der Waals surface area contributed by atoms with Crippen LogP contribution in [0.4, 0.5) is 5.95 Å². The largest absolute Gasteiger partial charge is 0.384 e. The molecule has 108 valence electrons. The highest BCUT2D eigenvalue weighted by molar-refractivity contribution is 5.70. The van der Waals surface area contributed by atoms with Crippen molar-refractivity contribution in [2.24, 2.45) is 11.8 Å². The SMILES string of the molecule is COC[C@@H]1CC[C@H](n2cnc3c(=O)[nH]c(N)nc32)C1C. The van der Waals surface area contributed by atoms with Gasteiger partial charge in [0.25, 0.3) is 5.56 Å². The van der Waals surface area contributed by atoms with Gasteiger partial charge < -0.3 is 15.0 Å². The number of hydrogen-bond acceptors (Lipinski definition) is 5. The molecule has 7 heteroatoms. The van der Waals surface area contributed by atoms with Crippen LogP contribution >= 0.6 is 0 Å². The van der Waals surface area contributed by atoms with Gasteiger partial charge in [0.2, 0.25) is 5.95 Å². The van der Waals surface area contributed by atoms with Crippen LogP contribution in [0.1, 0.15) is 25.8 Å². The number of aromatic nitrogens is 4. The van der Waals surface area contributed by atoms with E-state index < -0.39 is 0 Å². The Balaban J connectivity index is 2.01. The van der Waals surface area contributed by atoms with Crippen molar-refractivity contribution in [3.63, 3.8) is 0 Å². The number of methoxy groups -OCH3 is 1. The van der Waals surface area contributed by atoms with Crippen molar-refractivity contribution in [3.8, 4) is 0 Å². The van der Waals surface area contributed by atoms with Crippen LogP contribution in [-0.4, -0.2) is 33.2 Å². The number of rotatable bonds is 3. The zero-order chi connectivity index (χ0) is 14.3. The topological polar surface area (TPSA) is 98.8 Å². The lowest BCUT2D eigenvalue weighted by atomic mass is 9.96. The number of imidazole rings is 1. The molecule has 7 nitrogen and oxygen atoms in total. The average Bonchev–Trinajstić information content (AvgIpc) is 2.95. The molecule has 0 spiro atoms. The van der Waals surface area contributed by atoms with Crippen LogP contribution in [0, 0.1) is 11.8 Å². The molecule has 0 aromatic carbocycles. The van der Waals surface area contributed by atoms with E-state index in [0.29, 0.717) is 23.0 Å². The third kappa shape index (κ3) is 1.98. The summed E-state index contributed by atoms with van der Waals surface area (Å²) in [7, 11) is 1.73. The third-order valence-corrected chi connectivity index (χ3v) is 4.37. The summed E-state index contributed by atoms with van der Waals surface area (Å²) >= 11 is 0. The van der Waals surface area contributed by atoms with E-state index in [4.69, 9.17) is 10.5 Å². The summed E-state index contributed by atoms with van der Waals surface area (Å²) in [5, 5.41) is 0. The van der Waals surface area contributed by atoms with Gasteiger partial charge >= 0.3 is 0 Å². The maximum atomic E-state index is 11.8. The van der Waals surface area contributed by atoms with Crippen molar-refractivity contribution in [1.29, 1.82) is 0 Å². The molecule has 3 atom stereocenters. The van der Waals surface area contributed by atoms with E-state index in [-0.39, 0.29) is 17.5 Å². The Bertz CT molecular complexity index is 677. The first-order chi connectivity index (χ1) is 9.61. The Labute approximate surface area is 116 Å². The number of nitrogen functional groups attached to an aromatic ring is 1. The molecule has 3 N–H and O–H groups in total. The molecule has 2 aromatic rings. The zero-order valence-electron chi connectivity index (χ0n) is 11.7. The highest BCUT2D eigenvalue weighted by atomic mass is 16.5. The van der Waals surface area contributed by atoms with Crippen molar-refractivity contribution < 1.29 is 4.74 Å². The Hall–Kier alpha value is -1.89. The fourth-order valence-electron chi connectivity index (χ4n) is 3.25. The van der Waals surface area contributed by atoms with Crippen LogP contribution in [0.5, 0.6) is 0 Å². The number of H-pyrrole nitrogens is 1. The molecule has 2 heterocycles. The van der Waals surface area contributed by atoms with Gasteiger partial charge in [-0.25, -0.2) is 4.98 Å². The number of hydrogen-bond donors (Lipinski definition) is 2. The number of anilines is 1. The maximum Gasteiger partial charge on any atom is 0.280 e. The van der Waals surface area contributed by atoms with Gasteiger partial charge in [-0.15, -0.1) is 0 Å². The third-order valence-electron chi connectivity index (χ3n) is 4.37. The summed E-state index contributed by atoms with van der Waals surface area (Å²) in [5.41, 5.74) is 6.27. The van der Waals surface area contributed by atoms with Gasteiger partial charge in [-0.2, -0.15) is 4.98 Å². The average molecular weight is 277 g/mol. The minimum atomic E-state index is -0.287. The number of aromatic amines is 1. The van der Waals surface area contributed by atoms with Gasteiger partial charge in [0, 0.05) is 19.8 Å². The number of nitrogens with zero attached hydrogens (tertiary/aromatic N) is 3. The Morgan fingerprint density at radius 1 is 1.55 bits per heavy atom. The molecule has 1 fully saturated rings. The standard InChI is InChI=1S/C13H19N5O2/c1-7-8(5-20-2)3-4-9(7)18-6-15-10-11(18)16-13(14)17-12(10)19/h6-9H,3-5H2,1-2H3,(H3,14,16,17,19)/t7?,8-,9-/m0/s1. The van der Waals surface area contributed by atoms with E-state index in [9.17, 15) is 4.79 Å². The van der Waals surface area contributed by atoms with Gasteiger partial charge in [0.15, 0.2) is 11.2 Å². The Kier molecular flexibility index (Phi) is 3.21. The highest BCUT2D eigenvalue weighted by Gasteiger charge is 2.34. The highest BCUT2D eigenvalue weighted by Crippen LogP contribution is 2.41. The smallest absolute Gasteiger partial charge is 0.280 e. The van der Waals surface area contributed by atoms with Gasteiger partial charge in [0.05, 0.1) is 6.33 Å². The van der Waals surface area contributed by atoms with E-state index in [1.165, 1.54) is 0 Å². The first-order valence-electron chi connectivity index (χ1n) is 6.83. The van der Waals surface area contributed by atoms with Crippen LogP contribution in [0.15, 0.2) is 11.1 Å². The van der Waals surface area contributed by atoms with Crippen LogP contribution in [0.2, 0.25) is 0 Å². The normalized spacial score (nSPS) is 26.4. The van der Waals surface area contributed by atoms with E-state index >= 15 is 0 Å². The number of nitrogens with two attached hydrogens (primary N) is 1. The molecule has 0 aliphatic heterocycles. The van der Waals surface area contributed by atoms with Crippen LogP contribution in [0.25, 0.3) is 11.2 Å². The fraction of sp³-hybridized carbons (Fsp3) is 0.615. The lowest BCUT2D eigenvalue weighted by Crippen LogP contribution is -2.19. The van der Waals surface area contributed by atoms with E-state index in [2.05, 4.69) is 21.9 Å².